The largest absolute Gasteiger partial charge is 0.393 e. The summed E-state index contributed by atoms with van der Waals surface area (Å²) in [7, 11) is 1.62. The maximum Gasteiger partial charge on any atom is 0.226 e. The zero-order valence-corrected chi connectivity index (χ0v) is 23.2. The van der Waals surface area contributed by atoms with Gasteiger partial charge in [-0.1, -0.05) is 32.1 Å². The maximum atomic E-state index is 12.6. The lowest BCUT2D eigenvalue weighted by Gasteiger charge is -2.62. The van der Waals surface area contributed by atoms with E-state index in [1.165, 1.54) is 37.0 Å². The molecular weight excluding hydrogens is 474 g/mol. The number of carbonyl (C=O) groups excluding carboxylic acids is 1. The molecule has 4 saturated carbocycles. The van der Waals surface area contributed by atoms with E-state index in [0.717, 1.165) is 37.1 Å². The Labute approximate surface area is 219 Å². The highest BCUT2D eigenvalue weighted by Gasteiger charge is 2.62. The van der Waals surface area contributed by atoms with Crippen molar-refractivity contribution in [1.29, 1.82) is 0 Å². The number of ether oxygens (including phenoxy) is 1. The first-order valence-electron chi connectivity index (χ1n) is 14.1. The quantitative estimate of drug-likeness (QED) is 0.467. The Balaban J connectivity index is 1.21. The smallest absolute Gasteiger partial charge is 0.226 e. The number of nitrogens with one attached hydrogen (secondary N) is 1. The standard InChI is InChI=1S/C28H45N3O4S/c1-16(5-8-23(34)29-26-31-30-24(36-26)15-35-4)19-6-7-20-25-21(10-12-28(19,20)3)27(2)11-9-18(32)13-17(27)14-22(25)33/h16-22,25,32-33H,5-15H2,1-4H3,(H,29,31,34). The van der Waals surface area contributed by atoms with E-state index >= 15 is 0 Å². The molecule has 4 aliphatic carbocycles. The van der Waals surface area contributed by atoms with Gasteiger partial charge in [-0.05, 0) is 104 Å². The van der Waals surface area contributed by atoms with Gasteiger partial charge in [-0.2, -0.15) is 0 Å². The van der Waals surface area contributed by atoms with Crippen molar-refractivity contribution in [2.75, 3.05) is 12.4 Å². The van der Waals surface area contributed by atoms with E-state index in [0.29, 0.717) is 53.7 Å². The third kappa shape index (κ3) is 4.65. The number of hydrogen-bond donors (Lipinski definition) is 3. The van der Waals surface area contributed by atoms with Crippen LogP contribution in [0.3, 0.4) is 0 Å². The minimum atomic E-state index is -0.238. The van der Waals surface area contributed by atoms with Crippen molar-refractivity contribution in [2.45, 2.75) is 104 Å². The molecule has 8 heteroatoms. The monoisotopic (exact) mass is 519 g/mol. The zero-order chi connectivity index (χ0) is 25.7. The van der Waals surface area contributed by atoms with Crippen LogP contribution in [-0.4, -0.2) is 45.6 Å². The summed E-state index contributed by atoms with van der Waals surface area (Å²) in [6, 6.07) is 0. The van der Waals surface area contributed by atoms with Crippen LogP contribution in [0.25, 0.3) is 0 Å². The SMILES string of the molecule is COCc1nnc(NC(=O)CCC(C)C2CCC3C4C(O)CC5CC(O)CCC5(C)C4CCC23C)s1. The van der Waals surface area contributed by atoms with E-state index in [4.69, 9.17) is 4.74 Å². The summed E-state index contributed by atoms with van der Waals surface area (Å²) < 4.78 is 5.08. The second-order valence-corrected chi connectivity index (χ2v) is 14.0. The molecule has 0 saturated heterocycles. The summed E-state index contributed by atoms with van der Waals surface area (Å²) in [4.78, 5) is 12.6. The minimum absolute atomic E-state index is 0.00605. The van der Waals surface area contributed by atoms with E-state index in [9.17, 15) is 15.0 Å². The van der Waals surface area contributed by atoms with Gasteiger partial charge in [0.25, 0.3) is 0 Å². The fourth-order valence-electron chi connectivity index (χ4n) is 9.40. The molecule has 4 aliphatic rings. The van der Waals surface area contributed by atoms with Crippen LogP contribution >= 0.6 is 11.3 Å². The number of anilines is 1. The number of aliphatic hydroxyl groups is 2. The molecule has 0 radical (unpaired) electrons. The van der Waals surface area contributed by atoms with Gasteiger partial charge in [0.1, 0.15) is 11.6 Å². The Morgan fingerprint density at radius 2 is 1.86 bits per heavy atom. The van der Waals surface area contributed by atoms with Gasteiger partial charge in [-0.25, -0.2) is 0 Å². The van der Waals surface area contributed by atoms with Crippen LogP contribution in [0.4, 0.5) is 5.13 Å². The predicted molar refractivity (Wildman–Crippen MR) is 140 cm³/mol. The highest BCUT2D eigenvalue weighted by atomic mass is 32.1. The lowest BCUT2D eigenvalue weighted by molar-refractivity contribution is -0.174. The van der Waals surface area contributed by atoms with Gasteiger partial charge in [-0.3, -0.25) is 4.79 Å². The summed E-state index contributed by atoms with van der Waals surface area (Å²) in [6.45, 7) is 7.70. The number of hydrogen-bond acceptors (Lipinski definition) is 7. The van der Waals surface area contributed by atoms with Crippen molar-refractivity contribution in [2.24, 2.45) is 46.3 Å². The number of nitrogens with zero attached hydrogens (tertiary/aromatic N) is 2. The predicted octanol–water partition coefficient (Wildman–Crippen LogP) is 5.03. The third-order valence-corrected chi connectivity index (χ3v) is 12.0. The number of aliphatic hydroxyl groups excluding tert-OH is 2. The minimum Gasteiger partial charge on any atom is -0.393 e. The lowest BCUT2D eigenvalue weighted by atomic mass is 9.43. The fourth-order valence-corrected chi connectivity index (χ4v) is 10.1. The van der Waals surface area contributed by atoms with Gasteiger partial charge in [0.15, 0.2) is 0 Å². The molecule has 1 heterocycles. The number of fused-ring (bicyclic) bond motifs is 5. The van der Waals surface area contributed by atoms with Crippen molar-refractivity contribution in [3.8, 4) is 0 Å². The van der Waals surface area contributed by atoms with Crippen LogP contribution < -0.4 is 5.32 Å². The van der Waals surface area contributed by atoms with Crippen molar-refractivity contribution < 1.29 is 19.7 Å². The Morgan fingerprint density at radius 3 is 2.64 bits per heavy atom. The Morgan fingerprint density at radius 1 is 1.11 bits per heavy atom. The molecule has 10 unspecified atom stereocenters. The van der Waals surface area contributed by atoms with Crippen LogP contribution in [0.15, 0.2) is 0 Å². The van der Waals surface area contributed by atoms with E-state index in [1.807, 2.05) is 0 Å². The summed E-state index contributed by atoms with van der Waals surface area (Å²) in [5.74, 6) is 3.05. The second-order valence-electron chi connectivity index (χ2n) is 13.0. The molecule has 1 aromatic heterocycles. The molecule has 0 bridgehead atoms. The molecule has 0 aliphatic heterocycles. The van der Waals surface area contributed by atoms with Gasteiger partial charge >= 0.3 is 0 Å². The van der Waals surface area contributed by atoms with Gasteiger partial charge in [-0.15, -0.1) is 10.2 Å². The summed E-state index contributed by atoms with van der Waals surface area (Å²) >= 11 is 1.36. The number of aromatic nitrogens is 2. The number of amides is 1. The van der Waals surface area contributed by atoms with Crippen molar-refractivity contribution in [3.63, 3.8) is 0 Å². The third-order valence-electron chi connectivity index (χ3n) is 11.2. The molecule has 0 spiro atoms. The molecule has 10 atom stereocenters. The van der Waals surface area contributed by atoms with Gasteiger partial charge in [0, 0.05) is 13.5 Å². The highest BCUT2D eigenvalue weighted by Crippen LogP contribution is 2.68. The average molecular weight is 520 g/mol. The second kappa shape index (κ2) is 10.2. The average Bonchev–Trinajstić information content (AvgIpc) is 3.42. The molecule has 0 aromatic carbocycles. The van der Waals surface area contributed by atoms with Gasteiger partial charge in [0.05, 0.1) is 12.2 Å². The first-order chi connectivity index (χ1) is 17.2. The Hall–Kier alpha value is -1.09. The molecule has 7 nitrogen and oxygen atoms in total. The van der Waals surface area contributed by atoms with Crippen molar-refractivity contribution >= 4 is 22.4 Å². The molecule has 1 aromatic rings. The van der Waals surface area contributed by atoms with E-state index < -0.39 is 0 Å². The van der Waals surface area contributed by atoms with Gasteiger partial charge in [0.2, 0.25) is 11.0 Å². The Bertz CT molecular complexity index is 942. The van der Waals surface area contributed by atoms with Crippen LogP contribution in [0.1, 0.15) is 90.0 Å². The Kier molecular flexibility index (Phi) is 7.54. The summed E-state index contributed by atoms with van der Waals surface area (Å²) in [6.07, 6.45) is 9.52. The van der Waals surface area contributed by atoms with Crippen molar-refractivity contribution in [1.82, 2.24) is 10.2 Å². The molecule has 4 fully saturated rings. The first kappa shape index (κ1) is 26.5. The number of methoxy groups -OCH3 is 1. The molecule has 5 rings (SSSR count). The van der Waals surface area contributed by atoms with Crippen molar-refractivity contribution in [3.05, 3.63) is 5.01 Å². The maximum absolute atomic E-state index is 12.6. The molecule has 1 amide bonds. The van der Waals surface area contributed by atoms with E-state index in [1.54, 1.807) is 7.11 Å². The number of carbonyl (C=O) groups is 1. The molecule has 202 valence electrons. The topological polar surface area (TPSA) is 105 Å². The van der Waals surface area contributed by atoms with E-state index in [-0.39, 0.29) is 28.9 Å². The lowest BCUT2D eigenvalue weighted by Crippen LogP contribution is -2.58. The number of rotatable bonds is 7. The van der Waals surface area contributed by atoms with E-state index in [2.05, 4.69) is 36.3 Å². The zero-order valence-electron chi connectivity index (χ0n) is 22.4. The summed E-state index contributed by atoms with van der Waals surface area (Å²) in [5, 5.41) is 34.0. The molecular formula is C28H45N3O4S. The fraction of sp³-hybridized carbons (Fsp3) is 0.893. The summed E-state index contributed by atoms with van der Waals surface area (Å²) in [5.41, 5.74) is 0.504. The first-order valence-corrected chi connectivity index (χ1v) is 14.9. The normalized spacial score (nSPS) is 42.8. The van der Waals surface area contributed by atoms with Gasteiger partial charge < -0.3 is 20.3 Å². The van der Waals surface area contributed by atoms with Crippen LogP contribution in [-0.2, 0) is 16.1 Å². The van der Waals surface area contributed by atoms with Crippen LogP contribution in [0, 0.1) is 46.3 Å². The molecule has 36 heavy (non-hydrogen) atoms. The highest BCUT2D eigenvalue weighted by molar-refractivity contribution is 7.15. The van der Waals surface area contributed by atoms with Crippen LogP contribution in [0.5, 0.6) is 0 Å². The van der Waals surface area contributed by atoms with Crippen LogP contribution in [0.2, 0.25) is 0 Å². The molecule has 3 N–H and O–H groups in total.